The first-order chi connectivity index (χ1) is 10.2. The SMILES string of the molecule is Cc1ccc(-c2noc(CNc3ccccc3F)n2)cc1. The minimum Gasteiger partial charge on any atom is -0.374 e. The van der Waals surface area contributed by atoms with Crippen molar-refractivity contribution >= 4 is 5.69 Å². The van der Waals surface area contributed by atoms with Crippen molar-refractivity contribution in [1.29, 1.82) is 0 Å². The van der Waals surface area contributed by atoms with Crippen molar-refractivity contribution in [2.24, 2.45) is 0 Å². The van der Waals surface area contributed by atoms with E-state index in [9.17, 15) is 4.39 Å². The first kappa shape index (κ1) is 13.3. The molecule has 0 fully saturated rings. The molecule has 3 aromatic rings. The maximum Gasteiger partial charge on any atom is 0.246 e. The van der Waals surface area contributed by atoms with E-state index in [1.54, 1.807) is 18.2 Å². The average molecular weight is 283 g/mol. The van der Waals surface area contributed by atoms with Crippen LogP contribution in [0.1, 0.15) is 11.5 Å². The number of rotatable bonds is 4. The van der Waals surface area contributed by atoms with Gasteiger partial charge < -0.3 is 9.84 Å². The maximum atomic E-state index is 13.5. The number of benzene rings is 2. The van der Waals surface area contributed by atoms with Crippen LogP contribution in [0.4, 0.5) is 10.1 Å². The Morgan fingerprint density at radius 3 is 2.62 bits per heavy atom. The smallest absolute Gasteiger partial charge is 0.246 e. The van der Waals surface area contributed by atoms with E-state index >= 15 is 0 Å². The fraction of sp³-hybridized carbons (Fsp3) is 0.125. The number of hydrogen-bond donors (Lipinski definition) is 1. The van der Waals surface area contributed by atoms with Crippen LogP contribution in [0.25, 0.3) is 11.4 Å². The highest BCUT2D eigenvalue weighted by Gasteiger charge is 2.09. The molecule has 4 nitrogen and oxygen atoms in total. The predicted molar refractivity (Wildman–Crippen MR) is 78.2 cm³/mol. The third-order valence-electron chi connectivity index (χ3n) is 3.08. The minimum absolute atomic E-state index is 0.278. The van der Waals surface area contributed by atoms with Gasteiger partial charge in [0.2, 0.25) is 11.7 Å². The minimum atomic E-state index is -0.309. The predicted octanol–water partition coefficient (Wildman–Crippen LogP) is 3.80. The Labute approximate surface area is 121 Å². The van der Waals surface area contributed by atoms with Gasteiger partial charge in [-0.25, -0.2) is 4.39 Å². The van der Waals surface area contributed by atoms with Crippen molar-refractivity contribution in [2.45, 2.75) is 13.5 Å². The zero-order valence-electron chi connectivity index (χ0n) is 11.5. The molecule has 0 atom stereocenters. The van der Waals surface area contributed by atoms with E-state index in [1.165, 1.54) is 11.6 Å². The topological polar surface area (TPSA) is 51.0 Å². The lowest BCUT2D eigenvalue weighted by Gasteiger charge is -2.03. The molecule has 106 valence electrons. The first-order valence-electron chi connectivity index (χ1n) is 6.60. The normalized spacial score (nSPS) is 10.6. The second kappa shape index (κ2) is 5.75. The molecule has 2 aromatic carbocycles. The van der Waals surface area contributed by atoms with Gasteiger partial charge in [0.25, 0.3) is 0 Å². The molecule has 1 aromatic heterocycles. The zero-order valence-corrected chi connectivity index (χ0v) is 11.5. The number of aromatic nitrogens is 2. The van der Waals surface area contributed by atoms with Gasteiger partial charge in [-0.05, 0) is 19.1 Å². The van der Waals surface area contributed by atoms with Gasteiger partial charge in [-0.15, -0.1) is 0 Å². The number of nitrogens with zero attached hydrogens (tertiary/aromatic N) is 2. The molecule has 5 heteroatoms. The number of para-hydroxylation sites is 1. The third-order valence-corrected chi connectivity index (χ3v) is 3.08. The summed E-state index contributed by atoms with van der Waals surface area (Å²) in [5.41, 5.74) is 2.47. The second-order valence-electron chi connectivity index (χ2n) is 4.71. The summed E-state index contributed by atoms with van der Waals surface area (Å²) >= 11 is 0. The van der Waals surface area contributed by atoms with Gasteiger partial charge in [0.05, 0.1) is 12.2 Å². The van der Waals surface area contributed by atoms with E-state index < -0.39 is 0 Å². The van der Waals surface area contributed by atoms with Crippen molar-refractivity contribution in [3.63, 3.8) is 0 Å². The monoisotopic (exact) mass is 283 g/mol. The number of nitrogens with one attached hydrogen (secondary N) is 1. The molecule has 0 amide bonds. The fourth-order valence-corrected chi connectivity index (χ4v) is 1.92. The summed E-state index contributed by atoms with van der Waals surface area (Å²) in [5, 5.41) is 6.86. The Morgan fingerprint density at radius 1 is 1.10 bits per heavy atom. The van der Waals surface area contributed by atoms with Crippen molar-refractivity contribution < 1.29 is 8.91 Å². The molecule has 0 aliphatic carbocycles. The van der Waals surface area contributed by atoms with E-state index in [0.29, 0.717) is 17.4 Å². The first-order valence-corrected chi connectivity index (χ1v) is 6.60. The molecule has 1 N–H and O–H groups in total. The number of aryl methyl sites for hydroxylation is 1. The van der Waals surface area contributed by atoms with Crippen LogP contribution in [-0.4, -0.2) is 10.1 Å². The van der Waals surface area contributed by atoms with Crippen LogP contribution in [-0.2, 0) is 6.54 Å². The Balaban J connectivity index is 1.71. The van der Waals surface area contributed by atoms with Crippen LogP contribution >= 0.6 is 0 Å². The summed E-state index contributed by atoms with van der Waals surface area (Å²) in [5.74, 6) is 0.630. The highest BCUT2D eigenvalue weighted by atomic mass is 19.1. The highest BCUT2D eigenvalue weighted by molar-refractivity contribution is 5.54. The van der Waals surface area contributed by atoms with Crippen molar-refractivity contribution in [3.8, 4) is 11.4 Å². The van der Waals surface area contributed by atoms with E-state index in [1.807, 2.05) is 31.2 Å². The molecule has 1 heterocycles. The molecule has 0 unspecified atom stereocenters. The molecule has 21 heavy (non-hydrogen) atoms. The molecular weight excluding hydrogens is 269 g/mol. The van der Waals surface area contributed by atoms with Gasteiger partial charge in [0, 0.05) is 5.56 Å². The van der Waals surface area contributed by atoms with Gasteiger partial charge in [-0.1, -0.05) is 47.1 Å². The van der Waals surface area contributed by atoms with E-state index in [0.717, 1.165) is 5.56 Å². The average Bonchev–Trinajstić information content (AvgIpc) is 2.96. The summed E-state index contributed by atoms with van der Waals surface area (Å²) in [4.78, 5) is 4.29. The summed E-state index contributed by atoms with van der Waals surface area (Å²) in [6, 6.07) is 14.3. The summed E-state index contributed by atoms with van der Waals surface area (Å²) < 4.78 is 18.6. The van der Waals surface area contributed by atoms with Gasteiger partial charge >= 0.3 is 0 Å². The lowest BCUT2D eigenvalue weighted by Crippen LogP contribution is -2.01. The number of hydrogen-bond acceptors (Lipinski definition) is 4. The van der Waals surface area contributed by atoms with Crippen LogP contribution in [0.5, 0.6) is 0 Å². The third kappa shape index (κ3) is 3.08. The molecule has 0 saturated carbocycles. The quantitative estimate of drug-likeness (QED) is 0.791. The van der Waals surface area contributed by atoms with Crippen LogP contribution in [0, 0.1) is 12.7 Å². The number of halogens is 1. The standard InChI is InChI=1S/C16H14FN3O/c1-11-6-8-12(9-7-11)16-19-15(21-20-16)10-18-14-5-3-2-4-13(14)17/h2-9,18H,10H2,1H3. The van der Waals surface area contributed by atoms with Crippen molar-refractivity contribution in [2.75, 3.05) is 5.32 Å². The van der Waals surface area contributed by atoms with Crippen molar-refractivity contribution in [1.82, 2.24) is 10.1 Å². The van der Waals surface area contributed by atoms with Gasteiger partial charge in [-0.2, -0.15) is 4.98 Å². The van der Waals surface area contributed by atoms with Gasteiger partial charge in [-0.3, -0.25) is 0 Å². The Hall–Kier alpha value is -2.69. The molecule has 0 bridgehead atoms. The molecule has 0 radical (unpaired) electrons. The van der Waals surface area contributed by atoms with Crippen LogP contribution in [0.15, 0.2) is 53.1 Å². The molecular formula is C16H14FN3O. The van der Waals surface area contributed by atoms with Crippen LogP contribution in [0.2, 0.25) is 0 Å². The van der Waals surface area contributed by atoms with E-state index in [4.69, 9.17) is 4.52 Å². The molecule has 0 aliphatic heterocycles. The Morgan fingerprint density at radius 2 is 1.86 bits per heavy atom. The summed E-state index contributed by atoms with van der Waals surface area (Å²) in [6.07, 6.45) is 0. The van der Waals surface area contributed by atoms with Gasteiger partial charge in [0.15, 0.2) is 0 Å². The molecule has 0 saturated heterocycles. The van der Waals surface area contributed by atoms with Crippen LogP contribution in [0.3, 0.4) is 0 Å². The largest absolute Gasteiger partial charge is 0.374 e. The lowest BCUT2D eigenvalue weighted by atomic mass is 10.1. The molecule has 3 rings (SSSR count). The van der Waals surface area contributed by atoms with Crippen LogP contribution < -0.4 is 5.32 Å². The Bertz CT molecular complexity index is 737. The van der Waals surface area contributed by atoms with E-state index in [-0.39, 0.29) is 12.4 Å². The highest BCUT2D eigenvalue weighted by Crippen LogP contribution is 2.17. The van der Waals surface area contributed by atoms with Crippen molar-refractivity contribution in [3.05, 3.63) is 65.8 Å². The second-order valence-corrected chi connectivity index (χ2v) is 4.71. The maximum absolute atomic E-state index is 13.5. The van der Waals surface area contributed by atoms with E-state index in [2.05, 4.69) is 15.5 Å². The Kier molecular flexibility index (Phi) is 3.64. The lowest BCUT2D eigenvalue weighted by molar-refractivity contribution is 0.384. The summed E-state index contributed by atoms with van der Waals surface area (Å²) in [6.45, 7) is 2.30. The molecule has 0 spiro atoms. The fourth-order valence-electron chi connectivity index (χ4n) is 1.92. The molecule has 0 aliphatic rings. The number of anilines is 1. The summed E-state index contributed by atoms with van der Waals surface area (Å²) in [7, 11) is 0. The zero-order chi connectivity index (χ0) is 14.7. The van der Waals surface area contributed by atoms with Gasteiger partial charge in [0.1, 0.15) is 5.82 Å².